The Morgan fingerprint density at radius 1 is 1.43 bits per heavy atom. The van der Waals surface area contributed by atoms with Gasteiger partial charge < -0.3 is 13.9 Å². The molecule has 1 atom stereocenters. The molecule has 1 aliphatic heterocycles. The van der Waals surface area contributed by atoms with Crippen molar-refractivity contribution in [3.05, 3.63) is 12.2 Å². The first kappa shape index (κ1) is 18.9. The molecule has 0 N–H and O–H groups in total. The molecule has 0 radical (unpaired) electrons. The third-order valence-corrected chi connectivity index (χ3v) is 8.63. The van der Waals surface area contributed by atoms with Crippen LogP contribution < -0.4 is 0 Å². The van der Waals surface area contributed by atoms with Crippen molar-refractivity contribution in [3.63, 3.8) is 0 Å². The largest absolute Gasteiger partial charge is 0.403 e. The molecule has 0 saturated carbocycles. The summed E-state index contributed by atoms with van der Waals surface area (Å²) in [5.41, 5.74) is 1.11. The van der Waals surface area contributed by atoms with E-state index < -0.39 is 8.32 Å². The molecule has 1 aliphatic rings. The Balaban J connectivity index is 2.37. The van der Waals surface area contributed by atoms with Crippen LogP contribution in [-0.2, 0) is 13.9 Å². The number of halogens is 1. The molecule has 3 nitrogen and oxygen atoms in total. The van der Waals surface area contributed by atoms with Gasteiger partial charge in [0.15, 0.2) is 14.6 Å². The van der Waals surface area contributed by atoms with Crippen molar-refractivity contribution < 1.29 is 13.9 Å². The van der Waals surface area contributed by atoms with Crippen LogP contribution in [-0.4, -0.2) is 38.9 Å². The van der Waals surface area contributed by atoms with Gasteiger partial charge in [-0.25, -0.2) is 0 Å². The highest BCUT2D eigenvalue weighted by Gasteiger charge is 2.24. The summed E-state index contributed by atoms with van der Waals surface area (Å²) in [5.74, 6) is 6.51. The minimum Gasteiger partial charge on any atom is -0.403 e. The van der Waals surface area contributed by atoms with E-state index in [9.17, 15) is 0 Å². The minimum absolute atomic E-state index is 0.0194. The van der Waals surface area contributed by atoms with Crippen LogP contribution in [0.25, 0.3) is 0 Å². The lowest BCUT2D eigenvalue weighted by Crippen LogP contribution is -2.37. The zero-order valence-electron chi connectivity index (χ0n) is 13.4. The van der Waals surface area contributed by atoms with Crippen LogP contribution in [0.4, 0.5) is 0 Å². The Morgan fingerprint density at radius 2 is 2.10 bits per heavy atom. The van der Waals surface area contributed by atoms with Gasteiger partial charge in [0.1, 0.15) is 6.10 Å². The fourth-order valence-electron chi connectivity index (χ4n) is 1.97. The lowest BCUT2D eigenvalue weighted by atomic mass is 10.1. The van der Waals surface area contributed by atoms with Crippen molar-refractivity contribution in [3.8, 4) is 11.8 Å². The fraction of sp³-hybridized carbons (Fsp3) is 0.750. The smallest absolute Gasteiger partial charge is 0.198 e. The second-order valence-electron chi connectivity index (χ2n) is 6.05. The van der Waals surface area contributed by atoms with Crippen molar-refractivity contribution >= 4 is 24.2 Å². The molecule has 1 unspecified atom stereocenters. The van der Waals surface area contributed by atoms with E-state index >= 15 is 0 Å². The van der Waals surface area contributed by atoms with E-state index in [1.807, 2.05) is 6.92 Å². The van der Waals surface area contributed by atoms with Crippen molar-refractivity contribution in [1.82, 2.24) is 0 Å². The minimum atomic E-state index is -1.66. The molecule has 120 valence electrons. The van der Waals surface area contributed by atoms with Gasteiger partial charge in [0.2, 0.25) is 0 Å². The van der Waals surface area contributed by atoms with Gasteiger partial charge in [0, 0.05) is 17.8 Å². The lowest BCUT2D eigenvalue weighted by molar-refractivity contribution is -0.0474. The SMILES string of the molecule is C=C(C)CC(C#CCCCC1OCCO1)O[Si](C)(C)CBr. The first-order valence-corrected chi connectivity index (χ1v) is 11.8. The van der Waals surface area contributed by atoms with Crippen molar-refractivity contribution in [2.45, 2.75) is 58.1 Å². The molecule has 0 spiro atoms. The second kappa shape index (κ2) is 9.81. The maximum Gasteiger partial charge on any atom is 0.198 e. The first-order valence-electron chi connectivity index (χ1n) is 7.53. The van der Waals surface area contributed by atoms with E-state index in [0.29, 0.717) is 0 Å². The highest BCUT2D eigenvalue weighted by atomic mass is 79.9. The van der Waals surface area contributed by atoms with Crippen LogP contribution in [0, 0.1) is 11.8 Å². The number of unbranched alkanes of at least 4 members (excludes halogenated alkanes) is 1. The zero-order chi connectivity index (χ0) is 15.7. The van der Waals surface area contributed by atoms with Crippen molar-refractivity contribution in [2.75, 3.05) is 18.2 Å². The highest BCUT2D eigenvalue weighted by molar-refractivity contribution is 9.09. The molecule has 5 heteroatoms. The van der Waals surface area contributed by atoms with Gasteiger partial charge in [0.25, 0.3) is 0 Å². The number of alkyl halides is 1. The van der Waals surface area contributed by atoms with Gasteiger partial charge in [0.05, 0.1) is 13.2 Å². The molecule has 0 aromatic carbocycles. The normalized spacial score (nSPS) is 17.3. The number of hydrogen-bond donors (Lipinski definition) is 0. The summed E-state index contributed by atoms with van der Waals surface area (Å²) in [6.07, 6.45) is 3.54. The van der Waals surface area contributed by atoms with E-state index in [-0.39, 0.29) is 12.4 Å². The van der Waals surface area contributed by atoms with E-state index in [2.05, 4.69) is 47.4 Å². The van der Waals surface area contributed by atoms with Gasteiger partial charge in [-0.3, -0.25) is 0 Å². The summed E-state index contributed by atoms with van der Waals surface area (Å²) in [6.45, 7) is 11.8. The molecule has 21 heavy (non-hydrogen) atoms. The van der Waals surface area contributed by atoms with Crippen molar-refractivity contribution in [2.24, 2.45) is 0 Å². The Kier molecular flexibility index (Phi) is 8.84. The molecular formula is C16H27BrO3Si. The predicted octanol–water partition coefficient (Wildman–Crippen LogP) is 4.02. The molecule has 0 bridgehead atoms. The van der Waals surface area contributed by atoms with E-state index in [4.69, 9.17) is 13.9 Å². The molecule has 1 heterocycles. The van der Waals surface area contributed by atoms with E-state index in [0.717, 1.165) is 49.4 Å². The average Bonchev–Trinajstić information content (AvgIpc) is 2.90. The van der Waals surface area contributed by atoms with Crippen LogP contribution in [0.5, 0.6) is 0 Å². The van der Waals surface area contributed by atoms with Gasteiger partial charge in [-0.05, 0) is 32.9 Å². The Hall–Kier alpha value is -0.123. The van der Waals surface area contributed by atoms with Crippen LogP contribution >= 0.6 is 15.9 Å². The summed E-state index contributed by atoms with van der Waals surface area (Å²) >= 11 is 3.53. The Morgan fingerprint density at radius 3 is 2.67 bits per heavy atom. The predicted molar refractivity (Wildman–Crippen MR) is 92.9 cm³/mol. The standard InChI is InChI=1S/C16H27BrO3Si/c1-14(2)12-15(20-21(3,4)13-17)8-6-5-7-9-16-18-10-11-19-16/h15-16H,1,5,7,9-13H2,2-4H3. The number of ether oxygens (including phenoxy) is 2. The maximum absolute atomic E-state index is 6.19. The molecular weight excluding hydrogens is 348 g/mol. The monoisotopic (exact) mass is 374 g/mol. The first-order chi connectivity index (χ1) is 9.93. The topological polar surface area (TPSA) is 27.7 Å². The van der Waals surface area contributed by atoms with E-state index in [1.54, 1.807) is 0 Å². The molecule has 0 aromatic rings. The van der Waals surface area contributed by atoms with Gasteiger partial charge in [-0.1, -0.05) is 27.4 Å². The molecule has 1 rings (SSSR count). The molecule has 0 aromatic heterocycles. The highest BCUT2D eigenvalue weighted by Crippen LogP contribution is 2.16. The zero-order valence-corrected chi connectivity index (χ0v) is 16.0. The van der Waals surface area contributed by atoms with Crippen LogP contribution in [0.15, 0.2) is 12.2 Å². The van der Waals surface area contributed by atoms with Crippen LogP contribution in [0.2, 0.25) is 13.1 Å². The third kappa shape index (κ3) is 8.79. The quantitative estimate of drug-likeness (QED) is 0.211. The molecule has 0 aliphatic carbocycles. The van der Waals surface area contributed by atoms with Gasteiger partial charge in [-0.2, -0.15) is 0 Å². The lowest BCUT2D eigenvalue weighted by Gasteiger charge is -2.25. The van der Waals surface area contributed by atoms with Gasteiger partial charge in [-0.15, -0.1) is 12.5 Å². The Labute approximate surface area is 138 Å². The van der Waals surface area contributed by atoms with Gasteiger partial charge >= 0.3 is 0 Å². The maximum atomic E-state index is 6.19. The average molecular weight is 375 g/mol. The summed E-state index contributed by atoms with van der Waals surface area (Å²) in [7, 11) is -1.66. The molecule has 0 amide bonds. The second-order valence-corrected chi connectivity index (χ2v) is 11.8. The molecule has 1 fully saturated rings. The third-order valence-electron chi connectivity index (χ3n) is 3.01. The van der Waals surface area contributed by atoms with Crippen LogP contribution in [0.1, 0.15) is 32.6 Å². The summed E-state index contributed by atoms with van der Waals surface area (Å²) in [4.78, 5) is 0.921. The van der Waals surface area contributed by atoms with Crippen LogP contribution in [0.3, 0.4) is 0 Å². The summed E-state index contributed by atoms with van der Waals surface area (Å²) in [5, 5.41) is 0. The fourth-order valence-corrected chi connectivity index (χ4v) is 3.34. The Bertz CT molecular complexity index is 381. The number of rotatable bonds is 8. The number of hydrogen-bond acceptors (Lipinski definition) is 3. The summed E-state index contributed by atoms with van der Waals surface area (Å²) in [6, 6.07) is 0. The summed E-state index contributed by atoms with van der Waals surface area (Å²) < 4.78 is 17.0. The molecule has 1 saturated heterocycles. The van der Waals surface area contributed by atoms with Crippen molar-refractivity contribution in [1.29, 1.82) is 0 Å². The van der Waals surface area contributed by atoms with E-state index in [1.165, 1.54) is 0 Å².